The second-order valence-corrected chi connectivity index (χ2v) is 5.97. The predicted octanol–water partition coefficient (Wildman–Crippen LogP) is 1.88. The van der Waals surface area contributed by atoms with Gasteiger partial charge in [0.2, 0.25) is 5.91 Å². The van der Waals surface area contributed by atoms with E-state index >= 15 is 0 Å². The van der Waals surface area contributed by atoms with E-state index < -0.39 is 30.0 Å². The molecule has 0 aliphatic carbocycles. The molecule has 1 aromatic rings. The molecule has 0 spiro atoms. The molecule has 1 aromatic carbocycles. The first kappa shape index (κ1) is 13.6. The molecule has 2 bridgehead atoms. The van der Waals surface area contributed by atoms with Crippen molar-refractivity contribution in [3.63, 3.8) is 0 Å². The fourth-order valence-electron chi connectivity index (χ4n) is 2.69. The van der Waals surface area contributed by atoms with E-state index in [4.69, 9.17) is 4.74 Å². The summed E-state index contributed by atoms with van der Waals surface area (Å²) >= 11 is 2.12. The lowest BCUT2D eigenvalue weighted by molar-refractivity contribution is -0.145. The molecule has 0 unspecified atom stereocenters. The lowest BCUT2D eigenvalue weighted by Crippen LogP contribution is -2.39. The summed E-state index contributed by atoms with van der Waals surface area (Å²) in [5.74, 6) is -2.80. The Morgan fingerprint density at radius 2 is 1.80 bits per heavy atom. The van der Waals surface area contributed by atoms with Crippen LogP contribution in [0, 0.1) is 15.4 Å². The number of nitrogens with one attached hydrogen (secondary N) is 1. The minimum Gasteiger partial charge on any atom is -0.481 e. The maximum absolute atomic E-state index is 12.4. The average Bonchev–Trinajstić information content (AvgIpc) is 3.01. The normalized spacial score (nSPS) is 30.4. The number of hydrogen-bond donors (Lipinski definition) is 2. The number of halogens is 1. The molecule has 2 heterocycles. The Hall–Kier alpha value is -1.41. The molecule has 3 rings (SSSR count). The number of benzene rings is 1. The monoisotopic (exact) mass is 385 g/mol. The number of carboxylic acid groups (broad SMARTS) is 1. The minimum atomic E-state index is -0.996. The standard InChI is InChI=1S/C14H12INO4/c15-7-3-1-2-4-8(7)16-13(17)11-9-5-6-10(20-9)12(11)14(18)19/h1-6,9-12H,(H,16,17)(H,18,19)/t9-,10-,11+,12+/m1/s1. The summed E-state index contributed by atoms with van der Waals surface area (Å²) in [6.45, 7) is 0. The Bertz CT molecular complexity index is 601. The molecular formula is C14H12INO4. The first-order valence-corrected chi connectivity index (χ1v) is 7.28. The van der Waals surface area contributed by atoms with Gasteiger partial charge in [0, 0.05) is 3.57 Å². The van der Waals surface area contributed by atoms with E-state index in [1.54, 1.807) is 18.2 Å². The SMILES string of the molecule is O=C(O)[C@@H]1[C@@H](C(=O)Nc2ccccc2I)[C@H]2C=C[C@H]1O2. The van der Waals surface area contributed by atoms with E-state index in [-0.39, 0.29) is 5.91 Å². The molecule has 4 atom stereocenters. The van der Waals surface area contributed by atoms with Gasteiger partial charge >= 0.3 is 5.97 Å². The highest BCUT2D eigenvalue weighted by molar-refractivity contribution is 14.1. The average molecular weight is 385 g/mol. The summed E-state index contributed by atoms with van der Waals surface area (Å²) in [6.07, 6.45) is 2.55. The molecule has 0 radical (unpaired) electrons. The Morgan fingerprint density at radius 1 is 1.15 bits per heavy atom. The topological polar surface area (TPSA) is 75.6 Å². The van der Waals surface area contributed by atoms with Gasteiger partial charge in [-0.05, 0) is 34.7 Å². The Balaban J connectivity index is 1.82. The van der Waals surface area contributed by atoms with Crippen LogP contribution in [0.25, 0.3) is 0 Å². The van der Waals surface area contributed by atoms with Crippen molar-refractivity contribution in [1.82, 2.24) is 0 Å². The number of para-hydroxylation sites is 1. The number of amides is 1. The number of carbonyl (C=O) groups is 2. The molecule has 1 amide bonds. The van der Waals surface area contributed by atoms with E-state index in [2.05, 4.69) is 27.9 Å². The van der Waals surface area contributed by atoms with Crippen molar-refractivity contribution in [3.8, 4) is 0 Å². The van der Waals surface area contributed by atoms with Crippen LogP contribution in [0.3, 0.4) is 0 Å². The summed E-state index contributed by atoms with van der Waals surface area (Å²) < 4.78 is 6.40. The third kappa shape index (κ3) is 2.22. The number of ether oxygens (including phenoxy) is 1. The highest BCUT2D eigenvalue weighted by Gasteiger charge is 2.53. The number of aliphatic carboxylic acids is 1. The van der Waals surface area contributed by atoms with Crippen LogP contribution in [0.4, 0.5) is 5.69 Å². The number of rotatable bonds is 3. The summed E-state index contributed by atoms with van der Waals surface area (Å²) in [5, 5.41) is 12.1. The Kier molecular flexibility index (Phi) is 3.51. The smallest absolute Gasteiger partial charge is 0.310 e. The number of carbonyl (C=O) groups excluding carboxylic acids is 1. The molecule has 6 heteroatoms. The van der Waals surface area contributed by atoms with E-state index in [0.29, 0.717) is 5.69 Å². The van der Waals surface area contributed by atoms with Crippen molar-refractivity contribution in [2.75, 3.05) is 5.32 Å². The van der Waals surface area contributed by atoms with Gasteiger partial charge in [0.05, 0.1) is 23.8 Å². The molecular weight excluding hydrogens is 373 g/mol. The van der Waals surface area contributed by atoms with Gasteiger partial charge in [0.15, 0.2) is 0 Å². The van der Waals surface area contributed by atoms with E-state index in [9.17, 15) is 14.7 Å². The minimum absolute atomic E-state index is 0.307. The zero-order chi connectivity index (χ0) is 14.3. The largest absolute Gasteiger partial charge is 0.481 e. The van der Waals surface area contributed by atoms with Crippen molar-refractivity contribution in [2.24, 2.45) is 11.8 Å². The number of hydrogen-bond acceptors (Lipinski definition) is 3. The van der Waals surface area contributed by atoms with Gasteiger partial charge in [-0.1, -0.05) is 24.3 Å². The molecule has 2 aliphatic heterocycles. The molecule has 2 N–H and O–H groups in total. The number of carboxylic acids is 1. The molecule has 0 aromatic heterocycles. The third-order valence-electron chi connectivity index (χ3n) is 3.62. The van der Waals surface area contributed by atoms with Crippen LogP contribution < -0.4 is 5.32 Å². The van der Waals surface area contributed by atoms with Gasteiger partial charge in [-0.3, -0.25) is 9.59 Å². The van der Waals surface area contributed by atoms with E-state index in [0.717, 1.165) is 3.57 Å². The van der Waals surface area contributed by atoms with Crippen LogP contribution in [0.1, 0.15) is 0 Å². The van der Waals surface area contributed by atoms with E-state index in [1.165, 1.54) is 0 Å². The van der Waals surface area contributed by atoms with Gasteiger partial charge in [-0.25, -0.2) is 0 Å². The zero-order valence-electron chi connectivity index (χ0n) is 10.3. The lowest BCUT2D eigenvalue weighted by atomic mass is 9.82. The summed E-state index contributed by atoms with van der Waals surface area (Å²) in [4.78, 5) is 23.7. The van der Waals surface area contributed by atoms with Crippen molar-refractivity contribution < 1.29 is 19.4 Å². The molecule has 1 fully saturated rings. The molecule has 5 nitrogen and oxygen atoms in total. The van der Waals surface area contributed by atoms with Crippen LogP contribution in [0.15, 0.2) is 36.4 Å². The van der Waals surface area contributed by atoms with Gasteiger partial charge < -0.3 is 15.2 Å². The Morgan fingerprint density at radius 3 is 2.45 bits per heavy atom. The highest BCUT2D eigenvalue weighted by atomic mass is 127. The lowest BCUT2D eigenvalue weighted by Gasteiger charge is -2.21. The number of anilines is 1. The van der Waals surface area contributed by atoms with Gasteiger partial charge in [0.1, 0.15) is 5.92 Å². The molecule has 0 saturated carbocycles. The quantitative estimate of drug-likeness (QED) is 0.616. The van der Waals surface area contributed by atoms with Crippen LogP contribution in [0.5, 0.6) is 0 Å². The predicted molar refractivity (Wildman–Crippen MR) is 80.2 cm³/mol. The van der Waals surface area contributed by atoms with Crippen LogP contribution in [-0.2, 0) is 14.3 Å². The second kappa shape index (κ2) is 5.17. The maximum atomic E-state index is 12.4. The second-order valence-electron chi connectivity index (χ2n) is 4.81. The van der Waals surface area contributed by atoms with Gasteiger partial charge in [-0.15, -0.1) is 0 Å². The van der Waals surface area contributed by atoms with Crippen molar-refractivity contribution in [3.05, 3.63) is 40.0 Å². The van der Waals surface area contributed by atoms with E-state index in [1.807, 2.05) is 18.2 Å². The molecule has 1 saturated heterocycles. The molecule has 20 heavy (non-hydrogen) atoms. The van der Waals surface area contributed by atoms with Crippen LogP contribution in [0.2, 0.25) is 0 Å². The van der Waals surface area contributed by atoms with Gasteiger partial charge in [0.25, 0.3) is 0 Å². The first-order chi connectivity index (χ1) is 9.58. The maximum Gasteiger partial charge on any atom is 0.310 e. The fraction of sp³-hybridized carbons (Fsp3) is 0.286. The first-order valence-electron chi connectivity index (χ1n) is 6.20. The number of fused-ring (bicyclic) bond motifs is 2. The zero-order valence-corrected chi connectivity index (χ0v) is 12.5. The summed E-state index contributed by atoms with van der Waals surface area (Å²) in [6, 6.07) is 7.37. The van der Waals surface area contributed by atoms with Crippen LogP contribution >= 0.6 is 22.6 Å². The van der Waals surface area contributed by atoms with Crippen LogP contribution in [-0.4, -0.2) is 29.2 Å². The van der Waals surface area contributed by atoms with Crippen molar-refractivity contribution in [2.45, 2.75) is 12.2 Å². The summed E-state index contributed by atoms with van der Waals surface area (Å²) in [7, 11) is 0. The third-order valence-corrected chi connectivity index (χ3v) is 4.56. The van der Waals surface area contributed by atoms with Crippen molar-refractivity contribution in [1.29, 1.82) is 0 Å². The Labute approximate surface area is 129 Å². The molecule has 2 aliphatic rings. The fourth-order valence-corrected chi connectivity index (χ4v) is 3.22. The van der Waals surface area contributed by atoms with Crippen molar-refractivity contribution >= 4 is 40.2 Å². The highest BCUT2D eigenvalue weighted by Crippen LogP contribution is 2.40. The summed E-state index contributed by atoms with van der Waals surface area (Å²) in [5.41, 5.74) is 0.689. The molecule has 104 valence electrons. The van der Waals surface area contributed by atoms with Gasteiger partial charge in [-0.2, -0.15) is 0 Å².